The molecule has 0 radical (unpaired) electrons. The quantitative estimate of drug-likeness (QED) is 0.625. The molecule has 0 aliphatic rings. The van der Waals surface area contributed by atoms with Crippen LogP contribution in [-0.4, -0.2) is 39.2 Å². The molecule has 0 saturated heterocycles. The van der Waals surface area contributed by atoms with Crippen LogP contribution in [0.5, 0.6) is 0 Å². The van der Waals surface area contributed by atoms with Crippen molar-refractivity contribution < 1.29 is 13.2 Å². The molecule has 0 aromatic heterocycles. The van der Waals surface area contributed by atoms with E-state index in [0.29, 0.717) is 32.1 Å². The Morgan fingerprint density at radius 3 is 2.25 bits per heavy atom. The number of rotatable bonds is 9. The second-order valence-electron chi connectivity index (χ2n) is 4.55. The highest BCUT2D eigenvalue weighted by atomic mass is 32.2. The van der Waals surface area contributed by atoms with Crippen LogP contribution in [-0.2, 0) is 14.6 Å². The summed E-state index contributed by atoms with van der Waals surface area (Å²) in [5, 5.41) is -0.355. The van der Waals surface area contributed by atoms with Gasteiger partial charge in [0.2, 0.25) is 0 Å². The molecule has 0 bridgehead atoms. The number of sulfone groups is 1. The molecule has 2 N–H and O–H groups in total. The van der Waals surface area contributed by atoms with Gasteiger partial charge < -0.3 is 10.5 Å². The molecule has 0 rings (SSSR count). The average molecular weight is 251 g/mol. The summed E-state index contributed by atoms with van der Waals surface area (Å²) in [6, 6.07) is 0. The Morgan fingerprint density at radius 1 is 1.12 bits per heavy atom. The van der Waals surface area contributed by atoms with Gasteiger partial charge in [0.1, 0.15) is 0 Å². The molecule has 0 aliphatic heterocycles. The first-order valence-electron chi connectivity index (χ1n) is 5.89. The molecule has 4 nitrogen and oxygen atoms in total. The summed E-state index contributed by atoms with van der Waals surface area (Å²) in [6.45, 7) is 7.28. The van der Waals surface area contributed by atoms with Crippen molar-refractivity contribution in [2.45, 2.75) is 38.9 Å². The molecular formula is C11H25NO3S. The Labute approximate surface area is 99.5 Å². The van der Waals surface area contributed by atoms with Gasteiger partial charge in [0.15, 0.2) is 9.84 Å². The van der Waals surface area contributed by atoms with Crippen LogP contribution in [0.2, 0.25) is 0 Å². The van der Waals surface area contributed by atoms with Crippen molar-refractivity contribution >= 4 is 9.84 Å². The Balaban J connectivity index is 3.74. The van der Waals surface area contributed by atoms with E-state index >= 15 is 0 Å². The lowest BCUT2D eigenvalue weighted by Crippen LogP contribution is -2.26. The van der Waals surface area contributed by atoms with Gasteiger partial charge >= 0.3 is 0 Å². The van der Waals surface area contributed by atoms with Crippen LogP contribution in [0.3, 0.4) is 0 Å². The summed E-state index contributed by atoms with van der Waals surface area (Å²) in [5.74, 6) is 0.694. The van der Waals surface area contributed by atoms with E-state index in [4.69, 9.17) is 10.5 Å². The van der Waals surface area contributed by atoms with Gasteiger partial charge in [-0.1, -0.05) is 13.8 Å². The van der Waals surface area contributed by atoms with Gasteiger partial charge in [-0.05, 0) is 32.2 Å². The third kappa shape index (κ3) is 7.19. The molecule has 16 heavy (non-hydrogen) atoms. The smallest absolute Gasteiger partial charge is 0.155 e. The van der Waals surface area contributed by atoms with E-state index in [9.17, 15) is 8.42 Å². The largest absolute Gasteiger partial charge is 0.380 e. The molecule has 0 heterocycles. The van der Waals surface area contributed by atoms with Gasteiger partial charge in [-0.15, -0.1) is 0 Å². The standard InChI is InChI=1S/C11H25NO3S/c1-10(2)5-7-15-8-9-16(13,14)11(3)4-6-12/h10-11H,4-9,12H2,1-3H3. The minimum atomic E-state index is -3.03. The zero-order valence-corrected chi connectivity index (χ0v) is 11.4. The maximum atomic E-state index is 11.7. The first-order valence-corrected chi connectivity index (χ1v) is 7.61. The average Bonchev–Trinajstić information content (AvgIpc) is 2.17. The molecular weight excluding hydrogens is 226 g/mol. The van der Waals surface area contributed by atoms with Crippen LogP contribution in [0.15, 0.2) is 0 Å². The molecule has 0 saturated carbocycles. The van der Waals surface area contributed by atoms with Crippen LogP contribution in [0, 0.1) is 5.92 Å². The van der Waals surface area contributed by atoms with E-state index < -0.39 is 9.84 Å². The summed E-state index contributed by atoms with van der Waals surface area (Å²) < 4.78 is 28.7. The topological polar surface area (TPSA) is 69.4 Å². The van der Waals surface area contributed by atoms with Crippen LogP contribution in [0.4, 0.5) is 0 Å². The monoisotopic (exact) mass is 251 g/mol. The van der Waals surface area contributed by atoms with Crippen molar-refractivity contribution in [3.63, 3.8) is 0 Å². The predicted octanol–water partition coefficient (Wildman–Crippen LogP) is 1.20. The first-order chi connectivity index (χ1) is 7.40. The lowest BCUT2D eigenvalue weighted by Gasteiger charge is -2.12. The molecule has 0 amide bonds. The van der Waals surface area contributed by atoms with Gasteiger partial charge in [-0.3, -0.25) is 0 Å². The fraction of sp³-hybridized carbons (Fsp3) is 1.00. The van der Waals surface area contributed by atoms with E-state index in [1.54, 1.807) is 6.92 Å². The second kappa shape index (κ2) is 8.03. The van der Waals surface area contributed by atoms with Crippen molar-refractivity contribution in [2.75, 3.05) is 25.5 Å². The van der Waals surface area contributed by atoms with Crippen molar-refractivity contribution in [2.24, 2.45) is 11.7 Å². The Kier molecular flexibility index (Phi) is 7.97. The van der Waals surface area contributed by atoms with Gasteiger partial charge in [-0.2, -0.15) is 0 Å². The second-order valence-corrected chi connectivity index (χ2v) is 7.09. The highest BCUT2D eigenvalue weighted by molar-refractivity contribution is 7.92. The van der Waals surface area contributed by atoms with Crippen molar-refractivity contribution in [3.05, 3.63) is 0 Å². The third-order valence-electron chi connectivity index (χ3n) is 2.54. The molecule has 1 unspecified atom stereocenters. The maximum Gasteiger partial charge on any atom is 0.155 e. The van der Waals surface area contributed by atoms with E-state index in [-0.39, 0.29) is 11.0 Å². The summed E-state index contributed by atoms with van der Waals surface area (Å²) in [5.41, 5.74) is 5.34. The normalized spacial score (nSPS) is 14.3. The van der Waals surface area contributed by atoms with Crippen LogP contribution in [0.1, 0.15) is 33.6 Å². The van der Waals surface area contributed by atoms with Crippen molar-refractivity contribution in [3.8, 4) is 0 Å². The lowest BCUT2D eigenvalue weighted by molar-refractivity contribution is 0.137. The highest BCUT2D eigenvalue weighted by Crippen LogP contribution is 2.06. The number of ether oxygens (including phenoxy) is 1. The maximum absolute atomic E-state index is 11.7. The van der Waals surface area contributed by atoms with E-state index in [0.717, 1.165) is 6.42 Å². The van der Waals surface area contributed by atoms with Crippen molar-refractivity contribution in [1.82, 2.24) is 0 Å². The van der Waals surface area contributed by atoms with E-state index in [1.165, 1.54) is 0 Å². The SMILES string of the molecule is CC(C)CCOCCS(=O)(=O)C(C)CCN. The first kappa shape index (κ1) is 15.9. The molecule has 98 valence electrons. The molecule has 5 heteroatoms. The van der Waals surface area contributed by atoms with E-state index in [2.05, 4.69) is 13.8 Å². The van der Waals surface area contributed by atoms with E-state index in [1.807, 2.05) is 0 Å². The van der Waals surface area contributed by atoms with Crippen LogP contribution >= 0.6 is 0 Å². The molecule has 0 aromatic carbocycles. The van der Waals surface area contributed by atoms with Crippen LogP contribution < -0.4 is 5.73 Å². The third-order valence-corrected chi connectivity index (χ3v) is 4.74. The Bertz CT molecular complexity index is 262. The molecule has 0 fully saturated rings. The Morgan fingerprint density at radius 2 is 1.75 bits per heavy atom. The number of hydrogen-bond acceptors (Lipinski definition) is 4. The highest BCUT2D eigenvalue weighted by Gasteiger charge is 2.19. The summed E-state index contributed by atoms with van der Waals surface area (Å²) in [4.78, 5) is 0. The predicted molar refractivity (Wildman–Crippen MR) is 67.2 cm³/mol. The molecule has 0 aromatic rings. The van der Waals surface area contributed by atoms with Crippen LogP contribution in [0.25, 0.3) is 0 Å². The zero-order valence-electron chi connectivity index (χ0n) is 10.6. The molecule has 1 atom stereocenters. The minimum absolute atomic E-state index is 0.103. The minimum Gasteiger partial charge on any atom is -0.380 e. The number of hydrogen-bond donors (Lipinski definition) is 1. The number of nitrogens with two attached hydrogens (primary N) is 1. The fourth-order valence-corrected chi connectivity index (χ4v) is 2.46. The van der Waals surface area contributed by atoms with Gasteiger partial charge in [0.25, 0.3) is 0 Å². The van der Waals surface area contributed by atoms with Crippen molar-refractivity contribution in [1.29, 1.82) is 0 Å². The van der Waals surface area contributed by atoms with Gasteiger partial charge in [0, 0.05) is 6.61 Å². The Hall–Kier alpha value is -0.130. The van der Waals surface area contributed by atoms with Gasteiger partial charge in [-0.25, -0.2) is 8.42 Å². The zero-order chi connectivity index (χ0) is 12.6. The molecule has 0 aliphatic carbocycles. The lowest BCUT2D eigenvalue weighted by atomic mass is 10.1. The summed E-state index contributed by atoms with van der Waals surface area (Å²) in [6.07, 6.45) is 1.49. The fourth-order valence-electron chi connectivity index (χ4n) is 1.21. The van der Waals surface area contributed by atoms with Gasteiger partial charge in [0.05, 0.1) is 17.6 Å². The summed E-state index contributed by atoms with van der Waals surface area (Å²) in [7, 11) is -3.03. The summed E-state index contributed by atoms with van der Waals surface area (Å²) >= 11 is 0. The molecule has 0 spiro atoms.